The minimum Gasteiger partial charge on any atom is -0.493 e. The summed E-state index contributed by atoms with van der Waals surface area (Å²) >= 11 is 5.98. The van der Waals surface area contributed by atoms with Gasteiger partial charge in [0.25, 0.3) is 0 Å². The number of hydrogen-bond acceptors (Lipinski definition) is 5. The molecule has 0 aliphatic heterocycles. The van der Waals surface area contributed by atoms with Crippen LogP contribution in [-0.4, -0.2) is 27.3 Å². The first kappa shape index (κ1) is 16.0. The van der Waals surface area contributed by atoms with E-state index in [1.807, 2.05) is 0 Å². The normalized spacial score (nSPS) is 10.0. The van der Waals surface area contributed by atoms with Gasteiger partial charge < -0.3 is 18.9 Å². The molecule has 0 spiro atoms. The zero-order valence-corrected chi connectivity index (χ0v) is 13.1. The Labute approximate surface area is 133 Å². The standard InChI is InChI=1S/C16H15ClO5/c1-19-13-9-8-10(14(20-2)15(13)21-3)16(18)22-12-7-5-4-6-11(12)17/h4-9H,1-3H3. The maximum atomic E-state index is 12.4. The second kappa shape index (κ2) is 7.04. The number of carbonyl (C=O) groups excluding carboxylic acids is 1. The Kier molecular flexibility index (Phi) is 5.12. The highest BCUT2D eigenvalue weighted by molar-refractivity contribution is 6.32. The summed E-state index contributed by atoms with van der Waals surface area (Å²) in [6.07, 6.45) is 0. The molecule has 2 aromatic carbocycles. The smallest absolute Gasteiger partial charge is 0.347 e. The molecule has 5 nitrogen and oxygen atoms in total. The van der Waals surface area contributed by atoms with E-state index in [0.29, 0.717) is 16.5 Å². The van der Waals surface area contributed by atoms with Gasteiger partial charge in [-0.1, -0.05) is 23.7 Å². The third kappa shape index (κ3) is 3.09. The van der Waals surface area contributed by atoms with Crippen LogP contribution in [0.5, 0.6) is 23.0 Å². The number of methoxy groups -OCH3 is 3. The summed E-state index contributed by atoms with van der Waals surface area (Å²) in [5.41, 5.74) is 0.208. The highest BCUT2D eigenvalue weighted by atomic mass is 35.5. The van der Waals surface area contributed by atoms with Crippen LogP contribution in [0.15, 0.2) is 36.4 Å². The molecule has 0 N–H and O–H groups in total. The lowest BCUT2D eigenvalue weighted by Gasteiger charge is -2.15. The summed E-state index contributed by atoms with van der Waals surface area (Å²) in [5, 5.41) is 0.343. The van der Waals surface area contributed by atoms with E-state index in [1.165, 1.54) is 21.3 Å². The topological polar surface area (TPSA) is 54.0 Å². The zero-order chi connectivity index (χ0) is 16.1. The van der Waals surface area contributed by atoms with Crippen LogP contribution in [0.4, 0.5) is 0 Å². The van der Waals surface area contributed by atoms with Gasteiger partial charge in [0.2, 0.25) is 5.75 Å². The lowest BCUT2D eigenvalue weighted by molar-refractivity contribution is 0.0730. The van der Waals surface area contributed by atoms with Crippen LogP contribution in [0.3, 0.4) is 0 Å². The third-order valence-corrected chi connectivity index (χ3v) is 3.28. The number of hydrogen-bond donors (Lipinski definition) is 0. The van der Waals surface area contributed by atoms with E-state index < -0.39 is 5.97 Å². The molecule has 0 aliphatic carbocycles. The number of benzene rings is 2. The van der Waals surface area contributed by atoms with Crippen molar-refractivity contribution >= 4 is 17.6 Å². The van der Waals surface area contributed by atoms with Crippen LogP contribution in [0.2, 0.25) is 5.02 Å². The molecule has 2 rings (SSSR count). The van der Waals surface area contributed by atoms with E-state index in [0.717, 1.165) is 0 Å². The van der Waals surface area contributed by atoms with Crippen LogP contribution < -0.4 is 18.9 Å². The summed E-state index contributed by atoms with van der Waals surface area (Å²) in [5.74, 6) is 0.670. The molecule has 0 atom stereocenters. The fourth-order valence-corrected chi connectivity index (χ4v) is 2.12. The fourth-order valence-electron chi connectivity index (χ4n) is 1.94. The lowest BCUT2D eigenvalue weighted by atomic mass is 10.1. The summed E-state index contributed by atoms with van der Waals surface area (Å²) in [6, 6.07) is 9.85. The van der Waals surface area contributed by atoms with Crippen LogP contribution >= 0.6 is 11.6 Å². The maximum Gasteiger partial charge on any atom is 0.347 e. The van der Waals surface area contributed by atoms with Crippen molar-refractivity contribution in [3.63, 3.8) is 0 Å². The van der Waals surface area contributed by atoms with E-state index >= 15 is 0 Å². The van der Waals surface area contributed by atoms with E-state index in [9.17, 15) is 4.79 Å². The van der Waals surface area contributed by atoms with Crippen molar-refractivity contribution in [2.75, 3.05) is 21.3 Å². The van der Waals surface area contributed by atoms with Gasteiger partial charge in [-0.2, -0.15) is 0 Å². The van der Waals surface area contributed by atoms with E-state index in [1.54, 1.807) is 36.4 Å². The van der Waals surface area contributed by atoms with Crippen molar-refractivity contribution in [1.82, 2.24) is 0 Å². The van der Waals surface area contributed by atoms with Gasteiger partial charge in [-0.05, 0) is 24.3 Å². The van der Waals surface area contributed by atoms with Crippen molar-refractivity contribution in [2.45, 2.75) is 0 Å². The lowest BCUT2D eigenvalue weighted by Crippen LogP contribution is -2.11. The van der Waals surface area contributed by atoms with Crippen molar-refractivity contribution in [3.8, 4) is 23.0 Å². The van der Waals surface area contributed by atoms with Gasteiger partial charge in [0, 0.05) is 0 Å². The highest BCUT2D eigenvalue weighted by Crippen LogP contribution is 2.40. The quantitative estimate of drug-likeness (QED) is 0.622. The molecule has 0 unspecified atom stereocenters. The molecule has 0 aliphatic rings. The summed E-state index contributed by atoms with van der Waals surface area (Å²) in [4.78, 5) is 12.4. The Bertz CT molecular complexity index is 684. The van der Waals surface area contributed by atoms with Crippen molar-refractivity contribution in [1.29, 1.82) is 0 Å². The maximum absolute atomic E-state index is 12.4. The number of ether oxygens (including phenoxy) is 4. The number of para-hydroxylation sites is 1. The molecular weight excluding hydrogens is 308 g/mol. The Morgan fingerprint density at radius 2 is 1.55 bits per heavy atom. The fraction of sp³-hybridized carbons (Fsp3) is 0.188. The first-order valence-electron chi connectivity index (χ1n) is 6.38. The molecule has 0 heterocycles. The van der Waals surface area contributed by atoms with Gasteiger partial charge >= 0.3 is 5.97 Å². The number of esters is 1. The average Bonchev–Trinajstić information content (AvgIpc) is 2.55. The summed E-state index contributed by atoms with van der Waals surface area (Å²) < 4.78 is 21.0. The Morgan fingerprint density at radius 1 is 0.864 bits per heavy atom. The minimum atomic E-state index is -0.606. The van der Waals surface area contributed by atoms with Gasteiger partial charge in [-0.15, -0.1) is 0 Å². The van der Waals surface area contributed by atoms with Gasteiger partial charge in [-0.3, -0.25) is 0 Å². The second-order valence-electron chi connectivity index (χ2n) is 4.20. The Hall–Kier alpha value is -2.40. The molecule has 22 heavy (non-hydrogen) atoms. The first-order chi connectivity index (χ1) is 10.6. The van der Waals surface area contributed by atoms with Crippen LogP contribution in [0, 0.1) is 0 Å². The molecule has 6 heteroatoms. The molecule has 0 radical (unpaired) electrons. The molecule has 0 aromatic heterocycles. The van der Waals surface area contributed by atoms with Crippen LogP contribution in [-0.2, 0) is 0 Å². The van der Waals surface area contributed by atoms with Gasteiger partial charge in [0.15, 0.2) is 11.5 Å². The van der Waals surface area contributed by atoms with Crippen molar-refractivity contribution in [2.24, 2.45) is 0 Å². The zero-order valence-electron chi connectivity index (χ0n) is 12.4. The molecule has 0 fully saturated rings. The monoisotopic (exact) mass is 322 g/mol. The third-order valence-electron chi connectivity index (χ3n) is 2.96. The molecule has 0 amide bonds. The minimum absolute atomic E-state index is 0.208. The summed E-state index contributed by atoms with van der Waals surface area (Å²) in [7, 11) is 4.39. The average molecular weight is 323 g/mol. The summed E-state index contributed by atoms with van der Waals surface area (Å²) in [6.45, 7) is 0. The SMILES string of the molecule is COc1ccc(C(=O)Oc2ccccc2Cl)c(OC)c1OC. The Balaban J connectivity index is 2.40. The predicted octanol–water partition coefficient (Wildman–Crippen LogP) is 3.59. The molecule has 0 saturated carbocycles. The molecular formula is C16H15ClO5. The second-order valence-corrected chi connectivity index (χ2v) is 4.61. The number of halogens is 1. The van der Waals surface area contributed by atoms with E-state index in [2.05, 4.69) is 0 Å². The van der Waals surface area contributed by atoms with Crippen LogP contribution in [0.25, 0.3) is 0 Å². The largest absolute Gasteiger partial charge is 0.493 e. The van der Waals surface area contributed by atoms with Gasteiger partial charge in [0.1, 0.15) is 11.3 Å². The van der Waals surface area contributed by atoms with E-state index in [4.69, 9.17) is 30.5 Å². The molecule has 0 bridgehead atoms. The van der Waals surface area contributed by atoms with Crippen LogP contribution in [0.1, 0.15) is 10.4 Å². The predicted molar refractivity (Wildman–Crippen MR) is 82.5 cm³/mol. The van der Waals surface area contributed by atoms with Gasteiger partial charge in [-0.25, -0.2) is 4.79 Å². The molecule has 0 saturated heterocycles. The van der Waals surface area contributed by atoms with E-state index in [-0.39, 0.29) is 17.1 Å². The van der Waals surface area contributed by atoms with Gasteiger partial charge in [0.05, 0.1) is 26.4 Å². The highest BCUT2D eigenvalue weighted by Gasteiger charge is 2.22. The Morgan fingerprint density at radius 3 is 2.14 bits per heavy atom. The first-order valence-corrected chi connectivity index (χ1v) is 6.75. The molecule has 2 aromatic rings. The number of carbonyl (C=O) groups is 1. The molecule has 116 valence electrons. The van der Waals surface area contributed by atoms with Crippen molar-refractivity contribution < 1.29 is 23.7 Å². The number of rotatable bonds is 5. The van der Waals surface area contributed by atoms with Crippen molar-refractivity contribution in [3.05, 3.63) is 47.0 Å².